The summed E-state index contributed by atoms with van der Waals surface area (Å²) in [7, 11) is 2.14. The molecule has 0 saturated carbocycles. The first-order valence-electron chi connectivity index (χ1n) is 6.26. The molecule has 0 aliphatic rings. The van der Waals surface area contributed by atoms with E-state index in [1.165, 1.54) is 18.4 Å². The SMILES string of the molecule is CCCCN(C)Cc1ccccc1Cl.O=C(O)C(=O)O. The molecule has 2 N–H and O–H groups in total. The molecular formula is C14H20ClNO4. The molecule has 0 bridgehead atoms. The van der Waals surface area contributed by atoms with Crippen LogP contribution in [0.2, 0.25) is 5.02 Å². The second-order valence-electron chi connectivity index (χ2n) is 4.29. The van der Waals surface area contributed by atoms with Gasteiger partial charge >= 0.3 is 11.9 Å². The van der Waals surface area contributed by atoms with E-state index in [1.54, 1.807) is 0 Å². The molecule has 0 spiro atoms. The quantitative estimate of drug-likeness (QED) is 0.818. The molecule has 0 heterocycles. The predicted octanol–water partition coefficient (Wildman–Crippen LogP) is 2.73. The van der Waals surface area contributed by atoms with Gasteiger partial charge in [0.25, 0.3) is 0 Å². The summed E-state index contributed by atoms with van der Waals surface area (Å²) >= 11 is 6.08. The second-order valence-corrected chi connectivity index (χ2v) is 4.70. The van der Waals surface area contributed by atoms with Crippen molar-refractivity contribution >= 4 is 23.5 Å². The minimum absolute atomic E-state index is 0.871. The Morgan fingerprint density at radius 2 is 1.75 bits per heavy atom. The molecule has 20 heavy (non-hydrogen) atoms. The van der Waals surface area contributed by atoms with Gasteiger partial charge in [0.05, 0.1) is 0 Å². The molecule has 6 heteroatoms. The summed E-state index contributed by atoms with van der Waals surface area (Å²) in [4.78, 5) is 20.5. The van der Waals surface area contributed by atoms with Gasteiger partial charge in [-0.15, -0.1) is 0 Å². The average molecular weight is 302 g/mol. The topological polar surface area (TPSA) is 77.8 Å². The van der Waals surface area contributed by atoms with Crippen LogP contribution in [-0.2, 0) is 16.1 Å². The van der Waals surface area contributed by atoms with Crippen LogP contribution in [0, 0.1) is 0 Å². The molecule has 5 nitrogen and oxygen atoms in total. The van der Waals surface area contributed by atoms with Crippen molar-refractivity contribution in [2.45, 2.75) is 26.3 Å². The summed E-state index contributed by atoms with van der Waals surface area (Å²) in [5.74, 6) is -3.65. The van der Waals surface area contributed by atoms with Gasteiger partial charge in [0, 0.05) is 11.6 Å². The number of hydrogen-bond acceptors (Lipinski definition) is 3. The molecule has 0 fully saturated rings. The van der Waals surface area contributed by atoms with Gasteiger partial charge in [-0.05, 0) is 31.6 Å². The monoisotopic (exact) mass is 301 g/mol. The van der Waals surface area contributed by atoms with E-state index < -0.39 is 11.9 Å². The van der Waals surface area contributed by atoms with Crippen molar-refractivity contribution < 1.29 is 19.8 Å². The average Bonchev–Trinajstić information content (AvgIpc) is 2.39. The zero-order valence-corrected chi connectivity index (χ0v) is 12.4. The van der Waals surface area contributed by atoms with Crippen molar-refractivity contribution in [1.29, 1.82) is 0 Å². The first-order chi connectivity index (χ1) is 9.38. The lowest BCUT2D eigenvalue weighted by molar-refractivity contribution is -0.159. The van der Waals surface area contributed by atoms with Crippen molar-refractivity contribution in [2.75, 3.05) is 13.6 Å². The van der Waals surface area contributed by atoms with Crippen molar-refractivity contribution in [2.24, 2.45) is 0 Å². The lowest BCUT2D eigenvalue weighted by Crippen LogP contribution is -2.19. The minimum Gasteiger partial charge on any atom is -0.473 e. The Morgan fingerprint density at radius 1 is 1.20 bits per heavy atom. The molecule has 0 atom stereocenters. The fourth-order valence-corrected chi connectivity index (χ4v) is 1.62. The van der Waals surface area contributed by atoms with Crippen molar-refractivity contribution in [3.63, 3.8) is 0 Å². The van der Waals surface area contributed by atoms with Gasteiger partial charge in [0.15, 0.2) is 0 Å². The van der Waals surface area contributed by atoms with Crippen LogP contribution >= 0.6 is 11.6 Å². The summed E-state index contributed by atoms with van der Waals surface area (Å²) in [5, 5.41) is 15.7. The Morgan fingerprint density at radius 3 is 2.20 bits per heavy atom. The molecular weight excluding hydrogens is 282 g/mol. The molecule has 1 rings (SSSR count). The third kappa shape index (κ3) is 8.50. The molecule has 0 amide bonds. The van der Waals surface area contributed by atoms with Gasteiger partial charge < -0.3 is 15.1 Å². The number of rotatable bonds is 5. The van der Waals surface area contributed by atoms with Gasteiger partial charge in [-0.3, -0.25) is 0 Å². The summed E-state index contributed by atoms with van der Waals surface area (Å²) in [6.07, 6.45) is 2.49. The van der Waals surface area contributed by atoms with Crippen molar-refractivity contribution in [3.8, 4) is 0 Å². The molecule has 0 saturated heterocycles. The normalized spacial score (nSPS) is 9.80. The highest BCUT2D eigenvalue weighted by atomic mass is 35.5. The lowest BCUT2D eigenvalue weighted by Gasteiger charge is -2.16. The number of carboxylic acids is 2. The Hall–Kier alpha value is -1.59. The Bertz CT molecular complexity index is 425. The van der Waals surface area contributed by atoms with Crippen LogP contribution in [0.3, 0.4) is 0 Å². The van der Waals surface area contributed by atoms with Crippen LogP contribution in [0.5, 0.6) is 0 Å². The summed E-state index contributed by atoms with van der Waals surface area (Å²) in [5.41, 5.74) is 1.22. The van der Waals surface area contributed by atoms with E-state index in [-0.39, 0.29) is 0 Å². The largest absolute Gasteiger partial charge is 0.473 e. The lowest BCUT2D eigenvalue weighted by atomic mass is 10.2. The first-order valence-corrected chi connectivity index (χ1v) is 6.64. The van der Waals surface area contributed by atoms with E-state index in [0.29, 0.717) is 0 Å². The summed E-state index contributed by atoms with van der Waals surface area (Å²) in [6, 6.07) is 8.04. The highest BCUT2D eigenvalue weighted by molar-refractivity contribution is 6.31. The van der Waals surface area contributed by atoms with Crippen LogP contribution in [0.4, 0.5) is 0 Å². The number of carbonyl (C=O) groups is 2. The van der Waals surface area contributed by atoms with E-state index in [4.69, 9.17) is 31.4 Å². The van der Waals surface area contributed by atoms with Crippen LogP contribution in [0.1, 0.15) is 25.3 Å². The molecule has 0 unspecified atom stereocenters. The third-order valence-corrected chi connectivity index (χ3v) is 2.84. The number of hydrogen-bond donors (Lipinski definition) is 2. The Balaban J connectivity index is 0.000000511. The zero-order valence-electron chi connectivity index (χ0n) is 11.7. The fourth-order valence-electron chi connectivity index (χ4n) is 1.42. The molecule has 1 aromatic carbocycles. The second kappa shape index (κ2) is 10.2. The maximum atomic E-state index is 9.10. The Labute approximate surface area is 123 Å². The van der Waals surface area contributed by atoms with Crippen LogP contribution in [0.25, 0.3) is 0 Å². The number of aliphatic carboxylic acids is 2. The van der Waals surface area contributed by atoms with Crippen LogP contribution in [0.15, 0.2) is 24.3 Å². The van der Waals surface area contributed by atoms with E-state index >= 15 is 0 Å². The smallest absolute Gasteiger partial charge is 0.414 e. The summed E-state index contributed by atoms with van der Waals surface area (Å²) < 4.78 is 0. The molecule has 0 aromatic heterocycles. The maximum absolute atomic E-state index is 9.10. The number of nitrogens with zero attached hydrogens (tertiary/aromatic N) is 1. The first kappa shape index (κ1) is 18.4. The van der Waals surface area contributed by atoms with Gasteiger partial charge in [0.1, 0.15) is 0 Å². The predicted molar refractivity (Wildman–Crippen MR) is 78.0 cm³/mol. The van der Waals surface area contributed by atoms with Crippen LogP contribution < -0.4 is 0 Å². The van der Waals surface area contributed by atoms with Gasteiger partial charge in [-0.25, -0.2) is 9.59 Å². The molecule has 0 aliphatic heterocycles. The number of halogens is 1. The van der Waals surface area contributed by atoms with Crippen LogP contribution in [-0.4, -0.2) is 40.6 Å². The standard InChI is InChI=1S/C12H18ClN.C2H2O4/c1-3-4-9-14(2)10-11-7-5-6-8-12(11)13;3-1(4)2(5)6/h5-8H,3-4,9-10H2,1-2H3;(H,3,4)(H,5,6). The zero-order chi connectivity index (χ0) is 15.5. The van der Waals surface area contributed by atoms with E-state index in [9.17, 15) is 0 Å². The highest BCUT2D eigenvalue weighted by Gasteiger charge is 2.04. The van der Waals surface area contributed by atoms with E-state index in [1.807, 2.05) is 18.2 Å². The van der Waals surface area contributed by atoms with Gasteiger partial charge in [-0.2, -0.15) is 0 Å². The van der Waals surface area contributed by atoms with E-state index in [2.05, 4.69) is 24.9 Å². The maximum Gasteiger partial charge on any atom is 0.414 e. The van der Waals surface area contributed by atoms with Crippen molar-refractivity contribution in [1.82, 2.24) is 4.90 Å². The van der Waals surface area contributed by atoms with Gasteiger partial charge in [0.2, 0.25) is 0 Å². The van der Waals surface area contributed by atoms with Gasteiger partial charge in [-0.1, -0.05) is 43.1 Å². The van der Waals surface area contributed by atoms with E-state index in [0.717, 1.165) is 18.1 Å². The number of carboxylic acid groups (broad SMARTS) is 2. The number of benzene rings is 1. The molecule has 0 radical (unpaired) electrons. The minimum atomic E-state index is -1.82. The Kier molecular flexibility index (Phi) is 9.41. The third-order valence-electron chi connectivity index (χ3n) is 2.47. The fraction of sp³-hybridized carbons (Fsp3) is 0.429. The van der Waals surface area contributed by atoms with Crippen molar-refractivity contribution in [3.05, 3.63) is 34.9 Å². The molecule has 1 aromatic rings. The molecule has 0 aliphatic carbocycles. The number of unbranched alkanes of at least 4 members (excludes halogenated alkanes) is 1. The highest BCUT2D eigenvalue weighted by Crippen LogP contribution is 2.16. The summed E-state index contributed by atoms with van der Waals surface area (Å²) in [6.45, 7) is 4.30. The molecule has 112 valence electrons.